The van der Waals surface area contributed by atoms with Gasteiger partial charge in [-0.2, -0.15) is 0 Å². The Morgan fingerprint density at radius 1 is 1.23 bits per heavy atom. The van der Waals surface area contributed by atoms with E-state index in [0.717, 1.165) is 50.1 Å². The van der Waals surface area contributed by atoms with Crippen LogP contribution in [0, 0.1) is 5.41 Å². The third kappa shape index (κ3) is 3.74. The van der Waals surface area contributed by atoms with Crippen molar-refractivity contribution in [2.24, 2.45) is 5.41 Å². The highest BCUT2D eigenvalue weighted by atomic mass is 35.5. The molecule has 0 amide bonds. The lowest BCUT2D eigenvalue weighted by atomic mass is 9.86. The summed E-state index contributed by atoms with van der Waals surface area (Å²) in [5.41, 5.74) is 3.90. The Morgan fingerprint density at radius 2 is 2.06 bits per heavy atom. The maximum atomic E-state index is 12.4. The molecule has 0 radical (unpaired) electrons. The van der Waals surface area contributed by atoms with E-state index in [-0.39, 0.29) is 18.2 Å². The Bertz CT molecular complexity index is 1080. The number of carboxylic acid groups (broad SMARTS) is 1. The van der Waals surface area contributed by atoms with E-state index >= 15 is 0 Å². The van der Waals surface area contributed by atoms with Gasteiger partial charge in [-0.3, -0.25) is 4.79 Å². The molecule has 1 spiro atoms. The lowest BCUT2D eigenvalue weighted by Crippen LogP contribution is -2.29. The number of anilines is 1. The van der Waals surface area contributed by atoms with Gasteiger partial charge < -0.3 is 30.2 Å². The van der Waals surface area contributed by atoms with E-state index in [1.165, 1.54) is 18.5 Å². The maximum Gasteiger partial charge on any atom is 0.511 e. The molecule has 3 aliphatic rings. The average Bonchev–Trinajstić information content (AvgIpc) is 3.32. The summed E-state index contributed by atoms with van der Waals surface area (Å²) < 4.78 is 4.51. The summed E-state index contributed by atoms with van der Waals surface area (Å²) in [7, 11) is 0. The van der Waals surface area contributed by atoms with Crippen LogP contribution < -0.4 is 20.5 Å². The van der Waals surface area contributed by atoms with Crippen LogP contribution in [0.4, 0.5) is 10.5 Å². The van der Waals surface area contributed by atoms with Crippen LogP contribution in [0.3, 0.4) is 0 Å². The molecular weight excluding hydrogens is 422 g/mol. The van der Waals surface area contributed by atoms with Gasteiger partial charge in [0.05, 0.1) is 5.69 Å². The monoisotopic (exact) mass is 447 g/mol. The third-order valence-electron chi connectivity index (χ3n) is 6.80. The van der Waals surface area contributed by atoms with E-state index in [4.69, 9.17) is 5.11 Å². The molecule has 2 fully saturated rings. The first-order valence-electron chi connectivity index (χ1n) is 10.4. The van der Waals surface area contributed by atoms with Gasteiger partial charge in [0.25, 0.3) is 5.56 Å². The number of nitrogens with one attached hydrogen (secondary N) is 2. The van der Waals surface area contributed by atoms with Crippen molar-refractivity contribution in [2.75, 3.05) is 31.1 Å². The number of nitrogens with zero attached hydrogens (tertiary/aromatic N) is 1. The van der Waals surface area contributed by atoms with Crippen molar-refractivity contribution in [1.82, 2.24) is 10.3 Å². The molecular formula is C22H26ClN3O5. The second-order valence-corrected chi connectivity index (χ2v) is 8.65. The molecule has 2 aromatic rings. The maximum absolute atomic E-state index is 12.4. The van der Waals surface area contributed by atoms with Gasteiger partial charge in [-0.05, 0) is 56.3 Å². The molecule has 2 saturated heterocycles. The number of aryl methyl sites for hydroxylation is 1. The van der Waals surface area contributed by atoms with Crippen LogP contribution >= 0.6 is 12.4 Å². The topological polar surface area (TPSA) is 115 Å². The van der Waals surface area contributed by atoms with Gasteiger partial charge in [-0.25, -0.2) is 4.79 Å². The van der Waals surface area contributed by atoms with Crippen molar-refractivity contribution in [1.29, 1.82) is 0 Å². The summed E-state index contributed by atoms with van der Waals surface area (Å²) >= 11 is 0. The van der Waals surface area contributed by atoms with Crippen LogP contribution in [0.15, 0.2) is 23.0 Å². The molecule has 3 heterocycles. The predicted molar refractivity (Wildman–Crippen MR) is 119 cm³/mol. The normalized spacial score (nSPS) is 21.9. The van der Waals surface area contributed by atoms with Gasteiger partial charge in [0.2, 0.25) is 5.75 Å². The van der Waals surface area contributed by atoms with Crippen LogP contribution in [0.25, 0.3) is 11.3 Å². The molecule has 8 nitrogen and oxygen atoms in total. The van der Waals surface area contributed by atoms with Crippen LogP contribution in [-0.2, 0) is 12.8 Å². The molecule has 1 aromatic carbocycles. The van der Waals surface area contributed by atoms with Crippen molar-refractivity contribution < 1.29 is 19.7 Å². The zero-order chi connectivity index (χ0) is 20.9. The number of halogens is 1. The fourth-order valence-electron chi connectivity index (χ4n) is 5.25. The standard InChI is InChI=1S/C22H25N3O5.ClH/c26-18-16-3-1-2-13-10-14(25-9-7-22(12-25)6-8-23-11-22)4-5-15(13)17(16)24-20(27)19(18)30-21(28)29;/h4-5,10,23H,1-3,6-9,11-12H2,(H,28,29)(H2,24,26,27);1H. The van der Waals surface area contributed by atoms with Crippen molar-refractivity contribution >= 4 is 24.2 Å². The van der Waals surface area contributed by atoms with Crippen LogP contribution in [0.1, 0.15) is 30.4 Å². The molecule has 31 heavy (non-hydrogen) atoms. The number of benzene rings is 1. The number of aromatic amines is 1. The van der Waals surface area contributed by atoms with E-state index < -0.39 is 17.5 Å². The molecule has 4 N–H and O–H groups in total. The number of fused-ring (bicyclic) bond motifs is 3. The molecule has 5 rings (SSSR count). The predicted octanol–water partition coefficient (Wildman–Crippen LogP) is 2.90. The molecule has 1 atom stereocenters. The van der Waals surface area contributed by atoms with E-state index in [2.05, 4.69) is 32.1 Å². The Labute approximate surface area is 185 Å². The van der Waals surface area contributed by atoms with Crippen molar-refractivity contribution in [2.45, 2.75) is 32.1 Å². The first kappa shape index (κ1) is 21.5. The SMILES string of the molecule is Cl.O=C(O)Oc1c(O)c2c([nH]c1=O)-c1ccc(N3CCC4(CCNC4)C3)cc1CCC2. The van der Waals surface area contributed by atoms with Gasteiger partial charge in [0.15, 0.2) is 5.75 Å². The number of rotatable bonds is 2. The summed E-state index contributed by atoms with van der Waals surface area (Å²) in [6, 6.07) is 6.27. The summed E-state index contributed by atoms with van der Waals surface area (Å²) in [6.07, 6.45) is 2.92. The summed E-state index contributed by atoms with van der Waals surface area (Å²) in [5, 5.41) is 22.9. The highest BCUT2D eigenvalue weighted by molar-refractivity contribution is 5.85. The zero-order valence-electron chi connectivity index (χ0n) is 17.1. The first-order chi connectivity index (χ1) is 14.5. The quantitative estimate of drug-likeness (QED) is 0.523. The Kier molecular flexibility index (Phi) is 5.61. The van der Waals surface area contributed by atoms with Crippen molar-refractivity contribution in [3.8, 4) is 22.8 Å². The Hall–Kier alpha value is -2.71. The smallest absolute Gasteiger partial charge is 0.504 e. The molecule has 0 saturated carbocycles. The largest absolute Gasteiger partial charge is 0.511 e. The van der Waals surface area contributed by atoms with E-state index in [1.54, 1.807) is 0 Å². The van der Waals surface area contributed by atoms with E-state index in [9.17, 15) is 14.7 Å². The second kappa shape index (κ2) is 8.09. The molecule has 2 aliphatic heterocycles. The molecule has 1 aliphatic carbocycles. The number of ether oxygens (including phenoxy) is 1. The number of aromatic hydroxyl groups is 1. The molecule has 9 heteroatoms. The molecule has 1 aromatic heterocycles. The second-order valence-electron chi connectivity index (χ2n) is 8.65. The lowest BCUT2D eigenvalue weighted by Gasteiger charge is -2.25. The van der Waals surface area contributed by atoms with Crippen LogP contribution in [0.5, 0.6) is 11.5 Å². The van der Waals surface area contributed by atoms with E-state index in [1.807, 2.05) is 6.07 Å². The molecule has 0 bridgehead atoms. The van der Waals surface area contributed by atoms with Gasteiger partial charge in [0, 0.05) is 41.9 Å². The van der Waals surface area contributed by atoms with Crippen molar-refractivity contribution in [3.05, 3.63) is 39.7 Å². The van der Waals surface area contributed by atoms with Crippen LogP contribution in [0.2, 0.25) is 0 Å². The number of carbonyl (C=O) groups is 1. The Morgan fingerprint density at radius 3 is 2.81 bits per heavy atom. The van der Waals surface area contributed by atoms with E-state index in [0.29, 0.717) is 23.1 Å². The lowest BCUT2D eigenvalue weighted by molar-refractivity contribution is 0.142. The van der Waals surface area contributed by atoms with Gasteiger partial charge >= 0.3 is 6.16 Å². The number of H-pyrrole nitrogens is 1. The number of hydrogen-bond donors (Lipinski definition) is 4. The van der Waals surface area contributed by atoms with Crippen LogP contribution in [-0.4, -0.2) is 47.5 Å². The Balaban J connectivity index is 0.00000231. The van der Waals surface area contributed by atoms with Gasteiger partial charge in [-0.15, -0.1) is 12.4 Å². The fourth-order valence-corrected chi connectivity index (χ4v) is 5.25. The summed E-state index contributed by atoms with van der Waals surface area (Å²) in [4.78, 5) is 28.4. The minimum absolute atomic E-state index is 0. The minimum atomic E-state index is -1.63. The third-order valence-corrected chi connectivity index (χ3v) is 6.80. The van der Waals surface area contributed by atoms with Crippen molar-refractivity contribution in [3.63, 3.8) is 0 Å². The van der Waals surface area contributed by atoms with Gasteiger partial charge in [0.1, 0.15) is 0 Å². The molecule has 166 valence electrons. The number of aromatic nitrogens is 1. The first-order valence-corrected chi connectivity index (χ1v) is 10.4. The van der Waals surface area contributed by atoms with Gasteiger partial charge in [-0.1, -0.05) is 6.07 Å². The summed E-state index contributed by atoms with van der Waals surface area (Å²) in [5.74, 6) is -0.947. The number of hydrogen-bond acceptors (Lipinski definition) is 6. The highest BCUT2D eigenvalue weighted by Gasteiger charge is 2.40. The molecule has 1 unspecified atom stereocenters. The highest BCUT2D eigenvalue weighted by Crippen LogP contribution is 2.42. The minimum Gasteiger partial charge on any atom is -0.504 e. The number of pyridine rings is 1. The average molecular weight is 448 g/mol. The zero-order valence-corrected chi connectivity index (χ0v) is 17.9. The fraction of sp³-hybridized carbons (Fsp3) is 0.455. The summed E-state index contributed by atoms with van der Waals surface area (Å²) in [6.45, 7) is 4.29.